The number of hydrogen-bond acceptors (Lipinski definition) is 5. The zero-order valence-corrected chi connectivity index (χ0v) is 23.4. The fraction of sp³-hybridized carbons (Fsp3) is 0.591. The van der Waals surface area contributed by atoms with Gasteiger partial charge in [0.15, 0.2) is 9.84 Å². The average Bonchev–Trinajstić information content (AvgIpc) is 2.51. The highest BCUT2D eigenvalue weighted by Gasteiger charge is 2.39. The number of ether oxygens (including phenoxy) is 1. The Bertz CT molecular complexity index is 915. The normalized spacial score (nSPS) is 14.4. The van der Waals surface area contributed by atoms with Crippen molar-refractivity contribution in [3.63, 3.8) is 0 Å². The molecule has 1 amide bonds. The van der Waals surface area contributed by atoms with Gasteiger partial charge in [0.05, 0.1) is 10.5 Å². The molecule has 0 unspecified atom stereocenters. The highest BCUT2D eigenvalue weighted by molar-refractivity contribution is 9.10. The first-order chi connectivity index (χ1) is 13.8. The maximum Gasteiger partial charge on any atom is 0.408 e. The number of sulfone groups is 1. The van der Waals surface area contributed by atoms with E-state index in [2.05, 4.69) is 55.1 Å². The zero-order valence-electron chi connectivity index (χ0n) is 20.0. The van der Waals surface area contributed by atoms with E-state index in [1.807, 2.05) is 18.2 Å². The molecule has 9 heteroatoms. The topological polar surface area (TPSA) is 81.7 Å². The van der Waals surface area contributed by atoms with Gasteiger partial charge in [-0.25, -0.2) is 13.2 Å². The summed E-state index contributed by atoms with van der Waals surface area (Å²) in [4.78, 5) is 12.2. The molecule has 0 saturated carbocycles. The SMILES string of the molecule is CC(C)(C)OC(=O)N[C@H](/C=C/S(C)(=O)=O)Cc1ccc(O[Si](C)(C)C(C)(C)C)c(Br)c1. The summed E-state index contributed by atoms with van der Waals surface area (Å²) >= 11 is 3.59. The maximum absolute atomic E-state index is 12.2. The number of carbonyl (C=O) groups is 1. The maximum atomic E-state index is 12.2. The van der Waals surface area contributed by atoms with E-state index in [0.717, 1.165) is 27.4 Å². The predicted molar refractivity (Wildman–Crippen MR) is 133 cm³/mol. The van der Waals surface area contributed by atoms with Crippen molar-refractivity contribution < 1.29 is 22.4 Å². The zero-order chi connectivity index (χ0) is 24.3. The van der Waals surface area contributed by atoms with Gasteiger partial charge >= 0.3 is 6.09 Å². The third-order valence-corrected chi connectivity index (χ3v) is 10.5. The first-order valence-corrected chi connectivity index (χ1v) is 15.8. The molecule has 0 fully saturated rings. The van der Waals surface area contributed by atoms with E-state index in [9.17, 15) is 13.2 Å². The fourth-order valence-corrected chi connectivity index (χ4v) is 4.47. The molecule has 1 N–H and O–H groups in total. The molecule has 0 spiro atoms. The second kappa shape index (κ2) is 10.1. The van der Waals surface area contributed by atoms with Gasteiger partial charge in [-0.1, -0.05) is 32.9 Å². The summed E-state index contributed by atoms with van der Waals surface area (Å²) in [5.74, 6) is 0.777. The summed E-state index contributed by atoms with van der Waals surface area (Å²) in [6.07, 6.45) is 2.36. The lowest BCUT2D eigenvalue weighted by Gasteiger charge is -2.36. The van der Waals surface area contributed by atoms with E-state index in [4.69, 9.17) is 9.16 Å². The molecule has 6 nitrogen and oxygen atoms in total. The molecule has 1 rings (SSSR count). The van der Waals surface area contributed by atoms with Gasteiger partial charge < -0.3 is 14.5 Å². The molecule has 176 valence electrons. The van der Waals surface area contributed by atoms with Crippen LogP contribution in [0.4, 0.5) is 4.79 Å². The Hall–Kier alpha value is -1.32. The third-order valence-electron chi connectivity index (χ3n) is 4.88. The van der Waals surface area contributed by atoms with Crippen LogP contribution < -0.4 is 9.74 Å². The molecule has 1 atom stereocenters. The van der Waals surface area contributed by atoms with E-state index in [1.165, 1.54) is 6.08 Å². The minimum absolute atomic E-state index is 0.0734. The Morgan fingerprint density at radius 2 is 1.77 bits per heavy atom. The Kier molecular flexibility index (Phi) is 9.01. The average molecular weight is 535 g/mol. The molecular formula is C22H36BrNO5SSi. The first-order valence-electron chi connectivity index (χ1n) is 10.1. The van der Waals surface area contributed by atoms with Crippen molar-refractivity contribution in [1.82, 2.24) is 5.32 Å². The van der Waals surface area contributed by atoms with Crippen LogP contribution in [-0.2, 0) is 21.0 Å². The van der Waals surface area contributed by atoms with Crippen LogP contribution in [0.5, 0.6) is 5.75 Å². The molecular weight excluding hydrogens is 498 g/mol. The van der Waals surface area contributed by atoms with E-state index < -0.39 is 35.9 Å². The Balaban J connectivity index is 3.07. The van der Waals surface area contributed by atoms with Gasteiger partial charge in [-0.2, -0.15) is 0 Å². The van der Waals surface area contributed by atoms with Crippen LogP contribution in [0, 0.1) is 0 Å². The summed E-state index contributed by atoms with van der Waals surface area (Å²) in [7, 11) is -5.32. The van der Waals surface area contributed by atoms with Gasteiger partial charge in [-0.05, 0) is 79.0 Å². The van der Waals surface area contributed by atoms with Gasteiger partial charge in [0.25, 0.3) is 8.32 Å². The number of alkyl carbamates (subject to hydrolysis) is 1. The first kappa shape index (κ1) is 27.7. The van der Waals surface area contributed by atoms with Crippen LogP contribution >= 0.6 is 15.9 Å². The van der Waals surface area contributed by atoms with Gasteiger partial charge in [0, 0.05) is 11.7 Å². The summed E-state index contributed by atoms with van der Waals surface area (Å²) in [5.41, 5.74) is 0.259. The van der Waals surface area contributed by atoms with Crippen molar-refractivity contribution in [3.8, 4) is 5.75 Å². The second-order valence-electron chi connectivity index (χ2n) is 10.2. The molecule has 0 aliphatic carbocycles. The van der Waals surface area contributed by atoms with Crippen LogP contribution in [0.25, 0.3) is 0 Å². The molecule has 0 radical (unpaired) electrons. The van der Waals surface area contributed by atoms with Crippen molar-refractivity contribution in [2.75, 3.05) is 6.26 Å². The van der Waals surface area contributed by atoms with Crippen molar-refractivity contribution in [2.24, 2.45) is 0 Å². The summed E-state index contributed by atoms with van der Waals surface area (Å²) in [6, 6.07) is 5.21. The van der Waals surface area contributed by atoms with Gasteiger partial charge in [0.2, 0.25) is 0 Å². The molecule has 31 heavy (non-hydrogen) atoms. The van der Waals surface area contributed by atoms with E-state index >= 15 is 0 Å². The molecule has 1 aromatic rings. The van der Waals surface area contributed by atoms with E-state index in [-0.39, 0.29) is 5.04 Å². The van der Waals surface area contributed by atoms with E-state index in [1.54, 1.807) is 20.8 Å². The standard InChI is InChI=1S/C22H36BrNO5SSi/c1-21(2,3)28-20(25)24-17(12-13-30(7,26)27)14-16-10-11-19(18(23)15-16)29-31(8,9)22(4,5)6/h10-13,15,17H,14H2,1-9H3,(H,24,25)/b13-12+/t17-/m1/s1. The number of carbonyl (C=O) groups excluding carboxylic acids is 1. The highest BCUT2D eigenvalue weighted by atomic mass is 79.9. The van der Waals surface area contributed by atoms with Crippen molar-refractivity contribution in [2.45, 2.75) is 77.7 Å². The van der Waals surface area contributed by atoms with Crippen LogP contribution in [0.15, 0.2) is 34.2 Å². The lowest BCUT2D eigenvalue weighted by molar-refractivity contribution is 0.0514. The lowest BCUT2D eigenvalue weighted by atomic mass is 10.1. The predicted octanol–water partition coefficient (Wildman–Crippen LogP) is 5.83. The van der Waals surface area contributed by atoms with Crippen LogP contribution in [0.2, 0.25) is 18.1 Å². The van der Waals surface area contributed by atoms with Crippen LogP contribution in [-0.4, -0.2) is 40.7 Å². The fourth-order valence-electron chi connectivity index (χ4n) is 2.30. The Morgan fingerprint density at radius 1 is 1.19 bits per heavy atom. The molecule has 0 aliphatic heterocycles. The van der Waals surface area contributed by atoms with Crippen molar-refractivity contribution in [3.05, 3.63) is 39.7 Å². The Labute approximate surface area is 197 Å². The molecule has 0 saturated heterocycles. The third kappa shape index (κ3) is 10.2. The molecule has 1 aromatic carbocycles. The molecule has 0 heterocycles. The number of nitrogens with one attached hydrogen (secondary N) is 1. The van der Waals surface area contributed by atoms with Gasteiger partial charge in [-0.3, -0.25) is 0 Å². The summed E-state index contributed by atoms with van der Waals surface area (Å²) in [6.45, 7) is 16.2. The summed E-state index contributed by atoms with van der Waals surface area (Å²) in [5, 5.41) is 3.90. The quantitative estimate of drug-likeness (QED) is 0.446. The minimum Gasteiger partial charge on any atom is -0.543 e. The minimum atomic E-state index is -3.33. The van der Waals surface area contributed by atoms with Crippen molar-refractivity contribution in [1.29, 1.82) is 0 Å². The van der Waals surface area contributed by atoms with Crippen LogP contribution in [0.3, 0.4) is 0 Å². The number of halogens is 1. The number of hydrogen-bond donors (Lipinski definition) is 1. The number of amides is 1. The Morgan fingerprint density at radius 3 is 2.23 bits per heavy atom. The molecule has 0 aliphatic rings. The van der Waals surface area contributed by atoms with E-state index in [0.29, 0.717) is 6.42 Å². The highest BCUT2D eigenvalue weighted by Crippen LogP contribution is 2.39. The largest absolute Gasteiger partial charge is 0.543 e. The van der Waals surface area contributed by atoms with Gasteiger partial charge in [-0.15, -0.1) is 0 Å². The number of benzene rings is 1. The lowest BCUT2D eigenvalue weighted by Crippen LogP contribution is -2.43. The van der Waals surface area contributed by atoms with Crippen molar-refractivity contribution >= 4 is 40.2 Å². The summed E-state index contributed by atoms with van der Waals surface area (Å²) < 4.78 is 35.6. The monoisotopic (exact) mass is 533 g/mol. The molecule has 0 aromatic heterocycles. The smallest absolute Gasteiger partial charge is 0.408 e. The van der Waals surface area contributed by atoms with Gasteiger partial charge in [0.1, 0.15) is 11.4 Å². The second-order valence-corrected chi connectivity index (χ2v) is 17.8. The molecule has 0 bridgehead atoms. The number of rotatable bonds is 7. The van der Waals surface area contributed by atoms with Crippen LogP contribution in [0.1, 0.15) is 47.1 Å².